The lowest BCUT2D eigenvalue weighted by molar-refractivity contribution is 0.163. The first kappa shape index (κ1) is 15.6. The van der Waals surface area contributed by atoms with Crippen LogP contribution in [0.25, 0.3) is 0 Å². The van der Waals surface area contributed by atoms with E-state index in [1.165, 1.54) is 0 Å². The van der Waals surface area contributed by atoms with Crippen molar-refractivity contribution in [2.24, 2.45) is 0 Å². The highest BCUT2D eigenvalue weighted by Crippen LogP contribution is 2.33. The molecule has 1 atom stereocenters. The molecule has 18 heavy (non-hydrogen) atoms. The average molecular weight is 291 g/mol. The van der Waals surface area contributed by atoms with Crippen molar-refractivity contribution < 1.29 is 5.11 Å². The third-order valence-electron chi connectivity index (χ3n) is 2.52. The monoisotopic (exact) mass is 290 g/mol. The number of aliphatic hydroxyl groups is 1. The van der Waals surface area contributed by atoms with Crippen molar-refractivity contribution in [3.8, 4) is 0 Å². The van der Waals surface area contributed by atoms with E-state index in [1.807, 2.05) is 20.8 Å². The van der Waals surface area contributed by atoms with Crippen LogP contribution in [0, 0.1) is 0 Å². The van der Waals surface area contributed by atoms with Crippen LogP contribution in [0.4, 0.5) is 5.69 Å². The van der Waals surface area contributed by atoms with Crippen LogP contribution in [0.3, 0.4) is 0 Å². The summed E-state index contributed by atoms with van der Waals surface area (Å²) in [6.07, 6.45) is -0.634. The van der Waals surface area contributed by atoms with Gasteiger partial charge < -0.3 is 15.7 Å². The maximum atomic E-state index is 10.1. The van der Waals surface area contributed by atoms with E-state index in [-0.39, 0.29) is 5.54 Å². The minimum atomic E-state index is -0.634. The number of aliphatic hydroxyl groups excluding tert-OH is 1. The van der Waals surface area contributed by atoms with Crippen molar-refractivity contribution in [3.63, 3.8) is 0 Å². The van der Waals surface area contributed by atoms with Crippen molar-refractivity contribution in [1.29, 1.82) is 0 Å². The molecule has 0 heterocycles. The van der Waals surface area contributed by atoms with Gasteiger partial charge in [0.15, 0.2) is 0 Å². The van der Waals surface area contributed by atoms with Crippen LogP contribution in [0.5, 0.6) is 0 Å². The zero-order valence-electron chi connectivity index (χ0n) is 11.1. The van der Waals surface area contributed by atoms with E-state index in [9.17, 15) is 5.11 Å². The maximum Gasteiger partial charge on any atom is 0.0915 e. The molecule has 0 radical (unpaired) electrons. The van der Waals surface area contributed by atoms with Crippen LogP contribution >= 0.6 is 23.2 Å². The Labute approximate surface area is 118 Å². The molecular weight excluding hydrogens is 271 g/mol. The van der Waals surface area contributed by atoms with E-state index < -0.39 is 6.10 Å². The highest BCUT2D eigenvalue weighted by Gasteiger charge is 2.16. The number of benzene rings is 1. The standard InChI is InChI=1S/C13H20Cl2N2O/c1-13(2,3)17-7-11(18)8-5-9(14)12(16-4)10(15)6-8/h5-6,11,16-18H,7H2,1-4H3. The van der Waals surface area contributed by atoms with Crippen LogP contribution in [0.15, 0.2) is 12.1 Å². The van der Waals surface area contributed by atoms with Crippen LogP contribution in [-0.4, -0.2) is 24.2 Å². The molecule has 102 valence electrons. The highest BCUT2D eigenvalue weighted by molar-refractivity contribution is 6.39. The summed E-state index contributed by atoms with van der Waals surface area (Å²) in [5.41, 5.74) is 1.35. The summed E-state index contributed by atoms with van der Waals surface area (Å²) in [6, 6.07) is 3.46. The number of rotatable bonds is 4. The van der Waals surface area contributed by atoms with Gasteiger partial charge in [-0.3, -0.25) is 0 Å². The molecule has 5 heteroatoms. The van der Waals surface area contributed by atoms with Crippen molar-refractivity contribution in [2.45, 2.75) is 32.4 Å². The van der Waals surface area contributed by atoms with E-state index in [4.69, 9.17) is 23.2 Å². The van der Waals surface area contributed by atoms with Gasteiger partial charge in [-0.2, -0.15) is 0 Å². The minimum absolute atomic E-state index is 0.0422. The van der Waals surface area contributed by atoms with Gasteiger partial charge in [0.25, 0.3) is 0 Å². The predicted octanol–water partition coefficient (Wildman–Crippen LogP) is 3.46. The fourth-order valence-corrected chi connectivity index (χ4v) is 2.24. The fourth-order valence-electron chi connectivity index (χ4n) is 1.54. The lowest BCUT2D eigenvalue weighted by Gasteiger charge is -2.23. The Morgan fingerprint density at radius 2 is 1.72 bits per heavy atom. The van der Waals surface area contributed by atoms with Crippen molar-refractivity contribution in [2.75, 3.05) is 18.9 Å². The summed E-state index contributed by atoms with van der Waals surface area (Å²) < 4.78 is 0. The van der Waals surface area contributed by atoms with E-state index in [2.05, 4.69) is 10.6 Å². The molecule has 0 bridgehead atoms. The Morgan fingerprint density at radius 1 is 1.22 bits per heavy atom. The number of β-amino-alcohol motifs (C(OH)–C–C–N with tert-alkyl or cyclic N) is 1. The Kier molecular flexibility index (Phi) is 5.29. The SMILES string of the molecule is CNc1c(Cl)cc(C(O)CNC(C)(C)C)cc1Cl. The number of hydrogen-bond donors (Lipinski definition) is 3. The molecular formula is C13H20Cl2N2O. The fraction of sp³-hybridized carbons (Fsp3) is 0.538. The minimum Gasteiger partial charge on any atom is -0.387 e. The van der Waals surface area contributed by atoms with Gasteiger partial charge >= 0.3 is 0 Å². The highest BCUT2D eigenvalue weighted by atomic mass is 35.5. The van der Waals surface area contributed by atoms with Crippen molar-refractivity contribution in [1.82, 2.24) is 5.32 Å². The molecule has 0 aliphatic carbocycles. The molecule has 0 amide bonds. The summed E-state index contributed by atoms with van der Waals surface area (Å²) in [6.45, 7) is 6.59. The van der Waals surface area contributed by atoms with E-state index in [0.717, 1.165) is 0 Å². The van der Waals surface area contributed by atoms with E-state index in [1.54, 1.807) is 19.2 Å². The first-order valence-corrected chi connectivity index (χ1v) is 6.60. The van der Waals surface area contributed by atoms with Crippen LogP contribution in [-0.2, 0) is 0 Å². The van der Waals surface area contributed by atoms with Gasteiger partial charge in [0, 0.05) is 19.1 Å². The Hall–Kier alpha value is -0.480. The third-order valence-corrected chi connectivity index (χ3v) is 3.12. The van der Waals surface area contributed by atoms with Crippen molar-refractivity contribution >= 4 is 28.9 Å². The second-order valence-corrected chi connectivity index (χ2v) is 6.07. The lowest BCUT2D eigenvalue weighted by atomic mass is 10.1. The number of nitrogens with one attached hydrogen (secondary N) is 2. The Balaban J connectivity index is 2.84. The molecule has 0 spiro atoms. The maximum absolute atomic E-state index is 10.1. The average Bonchev–Trinajstić information content (AvgIpc) is 2.24. The second-order valence-electron chi connectivity index (χ2n) is 5.26. The van der Waals surface area contributed by atoms with Gasteiger partial charge in [-0.1, -0.05) is 23.2 Å². The van der Waals surface area contributed by atoms with Crippen LogP contribution < -0.4 is 10.6 Å². The summed E-state index contributed by atoms with van der Waals surface area (Å²) in [4.78, 5) is 0. The molecule has 3 nitrogen and oxygen atoms in total. The topological polar surface area (TPSA) is 44.3 Å². The summed E-state index contributed by atoms with van der Waals surface area (Å²) in [5, 5.41) is 17.3. The largest absolute Gasteiger partial charge is 0.387 e. The first-order chi connectivity index (χ1) is 8.24. The van der Waals surface area contributed by atoms with E-state index >= 15 is 0 Å². The lowest BCUT2D eigenvalue weighted by Crippen LogP contribution is -2.38. The van der Waals surface area contributed by atoms with Crippen LogP contribution in [0.2, 0.25) is 10.0 Å². The van der Waals surface area contributed by atoms with Crippen molar-refractivity contribution in [3.05, 3.63) is 27.7 Å². The van der Waals surface area contributed by atoms with Gasteiger partial charge in [-0.05, 0) is 38.5 Å². The molecule has 0 fully saturated rings. The number of halogens is 2. The number of anilines is 1. The normalized spacial score (nSPS) is 13.5. The molecule has 1 unspecified atom stereocenters. The van der Waals surface area contributed by atoms with E-state index in [0.29, 0.717) is 27.8 Å². The Morgan fingerprint density at radius 3 is 2.11 bits per heavy atom. The quantitative estimate of drug-likeness (QED) is 0.796. The zero-order valence-corrected chi connectivity index (χ0v) is 12.7. The number of hydrogen-bond acceptors (Lipinski definition) is 3. The molecule has 1 aromatic carbocycles. The molecule has 1 aromatic rings. The second kappa shape index (κ2) is 6.11. The zero-order chi connectivity index (χ0) is 13.9. The van der Waals surface area contributed by atoms with Gasteiger partial charge in [-0.15, -0.1) is 0 Å². The predicted molar refractivity (Wildman–Crippen MR) is 78.7 cm³/mol. The molecule has 3 N–H and O–H groups in total. The summed E-state index contributed by atoms with van der Waals surface area (Å²) in [5.74, 6) is 0. The molecule has 0 aromatic heterocycles. The molecule has 0 aliphatic heterocycles. The summed E-state index contributed by atoms with van der Waals surface area (Å²) in [7, 11) is 1.75. The van der Waals surface area contributed by atoms with Gasteiger partial charge in [0.1, 0.15) is 0 Å². The third kappa shape index (κ3) is 4.32. The summed E-state index contributed by atoms with van der Waals surface area (Å²) >= 11 is 12.2. The molecule has 1 rings (SSSR count). The first-order valence-electron chi connectivity index (χ1n) is 5.84. The smallest absolute Gasteiger partial charge is 0.0915 e. The molecule has 0 aliphatic rings. The molecule has 0 saturated carbocycles. The van der Waals surface area contributed by atoms with Gasteiger partial charge in [0.2, 0.25) is 0 Å². The molecule has 0 saturated heterocycles. The van der Waals surface area contributed by atoms with Crippen LogP contribution in [0.1, 0.15) is 32.4 Å². The van der Waals surface area contributed by atoms with Gasteiger partial charge in [-0.25, -0.2) is 0 Å². The Bertz CT molecular complexity index is 393. The van der Waals surface area contributed by atoms with Gasteiger partial charge in [0.05, 0.1) is 21.8 Å².